The van der Waals surface area contributed by atoms with Crippen molar-refractivity contribution in [3.05, 3.63) is 36.2 Å². The highest BCUT2D eigenvalue weighted by Gasteiger charge is 2.14. The first-order valence-electron chi connectivity index (χ1n) is 5.81. The van der Waals surface area contributed by atoms with Gasteiger partial charge in [0, 0.05) is 39.3 Å². The lowest BCUT2D eigenvalue weighted by molar-refractivity contribution is 0.100. The van der Waals surface area contributed by atoms with E-state index in [0.717, 1.165) is 16.8 Å². The molecular weight excluding hydrogens is 226 g/mol. The van der Waals surface area contributed by atoms with Crippen molar-refractivity contribution in [2.45, 2.75) is 6.92 Å². The molecule has 0 aliphatic heterocycles. The van der Waals surface area contributed by atoms with Crippen LogP contribution in [-0.2, 0) is 7.05 Å². The molecule has 0 radical (unpaired) electrons. The predicted molar refractivity (Wildman–Crippen MR) is 73.0 cm³/mol. The second-order valence-corrected chi connectivity index (χ2v) is 4.53. The number of carbonyl (C=O) groups excluding carboxylic acids is 1. The second-order valence-electron chi connectivity index (χ2n) is 4.53. The van der Waals surface area contributed by atoms with Crippen molar-refractivity contribution < 1.29 is 4.79 Å². The fraction of sp³-hybridized carbons (Fsp3) is 0.286. The van der Waals surface area contributed by atoms with Crippen LogP contribution in [-0.4, -0.2) is 29.7 Å². The molecule has 0 bridgehead atoms. The number of Topliss-reactive ketones (excluding diaryl/α,β-unsaturated/α-hetero) is 1. The van der Waals surface area contributed by atoms with E-state index in [1.54, 1.807) is 24.9 Å². The number of hydrogen-bond donors (Lipinski definition) is 0. The van der Waals surface area contributed by atoms with E-state index in [0.29, 0.717) is 5.69 Å². The highest BCUT2D eigenvalue weighted by atomic mass is 16.1. The van der Waals surface area contributed by atoms with Crippen molar-refractivity contribution >= 4 is 11.5 Å². The molecule has 0 saturated carbocycles. The molecule has 1 heterocycles. The lowest BCUT2D eigenvalue weighted by Gasteiger charge is -2.13. The van der Waals surface area contributed by atoms with Crippen molar-refractivity contribution in [1.82, 2.24) is 9.78 Å². The summed E-state index contributed by atoms with van der Waals surface area (Å²) in [6, 6.07) is 8.08. The average Bonchev–Trinajstić information content (AvgIpc) is 2.71. The molecule has 0 fully saturated rings. The van der Waals surface area contributed by atoms with E-state index in [1.165, 1.54) is 0 Å². The van der Waals surface area contributed by atoms with Gasteiger partial charge in [-0.25, -0.2) is 0 Å². The van der Waals surface area contributed by atoms with Gasteiger partial charge in [-0.05, 0) is 17.7 Å². The average molecular weight is 243 g/mol. The summed E-state index contributed by atoms with van der Waals surface area (Å²) in [5.74, 6) is 0.0280. The van der Waals surface area contributed by atoms with Gasteiger partial charge in [0.25, 0.3) is 0 Å². The van der Waals surface area contributed by atoms with E-state index in [4.69, 9.17) is 0 Å². The first-order valence-corrected chi connectivity index (χ1v) is 5.81. The molecule has 0 saturated heterocycles. The lowest BCUT2D eigenvalue weighted by Crippen LogP contribution is -2.08. The van der Waals surface area contributed by atoms with Gasteiger partial charge in [-0.15, -0.1) is 0 Å². The quantitative estimate of drug-likeness (QED) is 0.777. The Bertz CT molecular complexity index is 584. The number of carbonyl (C=O) groups is 1. The summed E-state index contributed by atoms with van der Waals surface area (Å²) in [4.78, 5) is 13.7. The fourth-order valence-electron chi connectivity index (χ4n) is 2.02. The maximum Gasteiger partial charge on any atom is 0.178 e. The van der Waals surface area contributed by atoms with Crippen LogP contribution in [0.3, 0.4) is 0 Å². The van der Waals surface area contributed by atoms with Crippen molar-refractivity contribution in [3.8, 4) is 11.1 Å². The highest BCUT2D eigenvalue weighted by molar-refractivity contribution is 5.99. The normalized spacial score (nSPS) is 10.4. The summed E-state index contributed by atoms with van der Waals surface area (Å²) >= 11 is 0. The molecule has 0 aliphatic rings. The molecule has 1 aromatic carbocycles. The molecule has 0 unspecified atom stereocenters. The van der Waals surface area contributed by atoms with Crippen molar-refractivity contribution in [2.75, 3.05) is 19.0 Å². The smallest absolute Gasteiger partial charge is 0.178 e. The van der Waals surface area contributed by atoms with Crippen LogP contribution in [0.5, 0.6) is 0 Å². The van der Waals surface area contributed by atoms with Crippen LogP contribution in [0.1, 0.15) is 17.4 Å². The molecule has 0 amide bonds. The SMILES string of the molecule is CC(=O)c1c(-c2cccc(N(C)C)c2)cnn1C. The predicted octanol–water partition coefficient (Wildman–Crippen LogP) is 2.36. The van der Waals surface area contributed by atoms with Crippen LogP contribution in [0.2, 0.25) is 0 Å². The van der Waals surface area contributed by atoms with E-state index < -0.39 is 0 Å². The Labute approximate surface area is 107 Å². The summed E-state index contributed by atoms with van der Waals surface area (Å²) < 4.78 is 1.62. The summed E-state index contributed by atoms with van der Waals surface area (Å²) in [5.41, 5.74) is 3.64. The zero-order valence-corrected chi connectivity index (χ0v) is 11.1. The monoisotopic (exact) mass is 243 g/mol. The molecule has 18 heavy (non-hydrogen) atoms. The number of hydrogen-bond acceptors (Lipinski definition) is 3. The Hall–Kier alpha value is -2.10. The number of rotatable bonds is 3. The maximum absolute atomic E-state index is 11.7. The van der Waals surface area contributed by atoms with Gasteiger partial charge in [0.2, 0.25) is 0 Å². The summed E-state index contributed by atoms with van der Waals surface area (Å²) in [7, 11) is 5.78. The van der Waals surface area contributed by atoms with E-state index in [9.17, 15) is 4.79 Å². The molecule has 4 nitrogen and oxygen atoms in total. The summed E-state index contributed by atoms with van der Waals surface area (Å²) in [6.45, 7) is 1.57. The zero-order valence-electron chi connectivity index (χ0n) is 11.1. The van der Waals surface area contributed by atoms with E-state index in [1.807, 2.05) is 37.2 Å². The third-order valence-corrected chi connectivity index (χ3v) is 2.95. The molecule has 0 N–H and O–H groups in total. The number of nitrogens with zero attached hydrogens (tertiary/aromatic N) is 3. The van der Waals surface area contributed by atoms with Gasteiger partial charge in [0.05, 0.1) is 6.20 Å². The number of aromatic nitrogens is 2. The van der Waals surface area contributed by atoms with Crippen LogP contribution < -0.4 is 4.90 Å². The lowest BCUT2D eigenvalue weighted by atomic mass is 10.0. The Morgan fingerprint density at radius 1 is 1.33 bits per heavy atom. The zero-order chi connectivity index (χ0) is 13.3. The van der Waals surface area contributed by atoms with Gasteiger partial charge in [-0.3, -0.25) is 9.48 Å². The maximum atomic E-state index is 11.7. The van der Waals surface area contributed by atoms with Crippen molar-refractivity contribution in [3.63, 3.8) is 0 Å². The number of aryl methyl sites for hydroxylation is 1. The molecule has 2 aromatic rings. The molecule has 1 aromatic heterocycles. The van der Waals surface area contributed by atoms with Crippen molar-refractivity contribution in [2.24, 2.45) is 7.05 Å². The first kappa shape index (κ1) is 12.4. The fourth-order valence-corrected chi connectivity index (χ4v) is 2.02. The minimum Gasteiger partial charge on any atom is -0.378 e. The van der Waals surface area contributed by atoms with Crippen LogP contribution in [0.25, 0.3) is 11.1 Å². The molecule has 94 valence electrons. The molecule has 0 atom stereocenters. The van der Waals surface area contributed by atoms with Gasteiger partial charge < -0.3 is 4.90 Å². The summed E-state index contributed by atoms with van der Waals surface area (Å²) in [5, 5.41) is 4.17. The van der Waals surface area contributed by atoms with Crippen molar-refractivity contribution in [1.29, 1.82) is 0 Å². The largest absolute Gasteiger partial charge is 0.378 e. The third-order valence-electron chi connectivity index (χ3n) is 2.95. The number of ketones is 1. The van der Waals surface area contributed by atoms with Gasteiger partial charge in [-0.2, -0.15) is 5.10 Å². The van der Waals surface area contributed by atoms with Crippen LogP contribution in [0.4, 0.5) is 5.69 Å². The Kier molecular flexibility index (Phi) is 3.19. The van der Waals surface area contributed by atoms with E-state index in [-0.39, 0.29) is 5.78 Å². The number of anilines is 1. The molecule has 2 rings (SSSR count). The van der Waals surface area contributed by atoms with E-state index in [2.05, 4.69) is 11.2 Å². The standard InChI is InChI=1S/C14H17N3O/c1-10(18)14-13(9-15-17(14)4)11-6-5-7-12(8-11)16(2)3/h5-9H,1-4H3. The molecule has 0 aliphatic carbocycles. The Balaban J connectivity index is 2.55. The minimum absolute atomic E-state index is 0.0280. The summed E-state index contributed by atoms with van der Waals surface area (Å²) in [6.07, 6.45) is 1.74. The number of benzene rings is 1. The van der Waals surface area contributed by atoms with Crippen LogP contribution in [0.15, 0.2) is 30.5 Å². The van der Waals surface area contributed by atoms with Crippen LogP contribution in [0, 0.1) is 0 Å². The minimum atomic E-state index is 0.0280. The van der Waals surface area contributed by atoms with Gasteiger partial charge in [0.15, 0.2) is 5.78 Å². The third kappa shape index (κ3) is 2.14. The van der Waals surface area contributed by atoms with Gasteiger partial charge in [0.1, 0.15) is 5.69 Å². The van der Waals surface area contributed by atoms with E-state index >= 15 is 0 Å². The Morgan fingerprint density at radius 3 is 2.67 bits per heavy atom. The topological polar surface area (TPSA) is 38.1 Å². The van der Waals surface area contributed by atoms with Gasteiger partial charge >= 0.3 is 0 Å². The highest BCUT2D eigenvalue weighted by Crippen LogP contribution is 2.26. The second kappa shape index (κ2) is 4.64. The van der Waals surface area contributed by atoms with Crippen LogP contribution >= 0.6 is 0 Å². The first-order chi connectivity index (χ1) is 8.50. The molecule has 0 spiro atoms. The Morgan fingerprint density at radius 2 is 2.06 bits per heavy atom. The van der Waals surface area contributed by atoms with Gasteiger partial charge in [-0.1, -0.05) is 12.1 Å². The molecule has 4 heteroatoms. The molecular formula is C14H17N3O.